The summed E-state index contributed by atoms with van der Waals surface area (Å²) in [5.74, 6) is -0.908. The molecule has 0 aliphatic carbocycles. The third-order valence-corrected chi connectivity index (χ3v) is 1.55. The Morgan fingerprint density at radius 2 is 2.19 bits per heavy atom. The third kappa shape index (κ3) is 2.38. The van der Waals surface area contributed by atoms with Crippen molar-refractivity contribution < 1.29 is 22.7 Å². The SMILES string of the molecule is N#Cc1ncc(C=O)c(OC(F)(F)F)c1N. The lowest BCUT2D eigenvalue weighted by Gasteiger charge is -2.12. The number of anilines is 1. The Morgan fingerprint density at radius 1 is 1.56 bits per heavy atom. The zero-order chi connectivity index (χ0) is 12.3. The van der Waals surface area contributed by atoms with E-state index in [1.807, 2.05) is 0 Å². The summed E-state index contributed by atoms with van der Waals surface area (Å²) < 4.78 is 39.5. The Bertz CT molecular complexity index is 465. The van der Waals surface area contributed by atoms with Gasteiger partial charge in [0.05, 0.1) is 5.56 Å². The van der Waals surface area contributed by atoms with Gasteiger partial charge in [0, 0.05) is 6.20 Å². The summed E-state index contributed by atoms with van der Waals surface area (Å²) in [5.41, 5.74) is 3.67. The van der Waals surface area contributed by atoms with Crippen molar-refractivity contribution in [2.75, 3.05) is 5.73 Å². The summed E-state index contributed by atoms with van der Waals surface area (Å²) >= 11 is 0. The lowest BCUT2D eigenvalue weighted by Crippen LogP contribution is -2.19. The highest BCUT2D eigenvalue weighted by atomic mass is 19.4. The van der Waals surface area contributed by atoms with Crippen LogP contribution >= 0.6 is 0 Å². The number of nitrogen functional groups attached to an aromatic ring is 1. The van der Waals surface area contributed by atoms with E-state index in [2.05, 4.69) is 9.72 Å². The van der Waals surface area contributed by atoms with E-state index in [1.54, 1.807) is 0 Å². The number of ether oxygens (including phenoxy) is 1. The average Bonchev–Trinajstić information content (AvgIpc) is 2.19. The predicted molar refractivity (Wildman–Crippen MR) is 45.4 cm³/mol. The number of carbonyl (C=O) groups is 1. The maximum absolute atomic E-state index is 12.0. The summed E-state index contributed by atoms with van der Waals surface area (Å²) in [5, 5.41) is 8.49. The van der Waals surface area contributed by atoms with Gasteiger partial charge in [-0.15, -0.1) is 13.2 Å². The first-order valence-corrected chi connectivity index (χ1v) is 3.78. The molecule has 8 heteroatoms. The Labute approximate surface area is 87.3 Å². The molecule has 1 aromatic heterocycles. The fraction of sp³-hybridized carbons (Fsp3) is 0.125. The minimum Gasteiger partial charge on any atom is -0.403 e. The van der Waals surface area contributed by atoms with Crippen LogP contribution < -0.4 is 10.5 Å². The molecule has 2 N–H and O–H groups in total. The van der Waals surface area contributed by atoms with Gasteiger partial charge < -0.3 is 10.5 Å². The van der Waals surface area contributed by atoms with E-state index in [0.29, 0.717) is 0 Å². The number of rotatable bonds is 2. The fourth-order valence-corrected chi connectivity index (χ4v) is 0.928. The molecular weight excluding hydrogens is 227 g/mol. The van der Waals surface area contributed by atoms with E-state index in [-0.39, 0.29) is 6.29 Å². The molecule has 0 radical (unpaired) electrons. The van der Waals surface area contributed by atoms with Crippen LogP contribution in [0, 0.1) is 11.3 Å². The lowest BCUT2D eigenvalue weighted by molar-refractivity contribution is -0.274. The van der Waals surface area contributed by atoms with Crippen molar-refractivity contribution in [1.82, 2.24) is 4.98 Å². The van der Waals surface area contributed by atoms with Gasteiger partial charge in [0.15, 0.2) is 17.7 Å². The normalized spacial score (nSPS) is 10.6. The van der Waals surface area contributed by atoms with Crippen LogP contribution in [-0.2, 0) is 0 Å². The molecule has 0 amide bonds. The second-order valence-electron chi connectivity index (χ2n) is 2.58. The van der Waals surface area contributed by atoms with Gasteiger partial charge in [0.2, 0.25) is 0 Å². The van der Waals surface area contributed by atoms with Crippen LogP contribution in [0.15, 0.2) is 6.20 Å². The first kappa shape index (κ1) is 11.8. The van der Waals surface area contributed by atoms with Gasteiger partial charge in [-0.1, -0.05) is 0 Å². The molecule has 0 aliphatic rings. The highest BCUT2D eigenvalue weighted by molar-refractivity contribution is 5.83. The number of aldehydes is 1. The lowest BCUT2D eigenvalue weighted by atomic mass is 10.2. The summed E-state index contributed by atoms with van der Waals surface area (Å²) in [6.45, 7) is 0. The van der Waals surface area contributed by atoms with E-state index in [9.17, 15) is 18.0 Å². The molecule has 0 atom stereocenters. The third-order valence-electron chi connectivity index (χ3n) is 1.55. The number of hydrogen-bond donors (Lipinski definition) is 1. The molecule has 0 spiro atoms. The van der Waals surface area contributed by atoms with Crippen LogP contribution in [0.4, 0.5) is 18.9 Å². The second-order valence-corrected chi connectivity index (χ2v) is 2.58. The minimum absolute atomic E-state index is 0.103. The first-order valence-electron chi connectivity index (χ1n) is 3.78. The van der Waals surface area contributed by atoms with Gasteiger partial charge >= 0.3 is 6.36 Å². The van der Waals surface area contributed by atoms with Crippen LogP contribution in [0.3, 0.4) is 0 Å². The van der Waals surface area contributed by atoms with Crippen LogP contribution in [0.5, 0.6) is 5.75 Å². The Hall–Kier alpha value is -2.30. The topological polar surface area (TPSA) is 89.0 Å². The Kier molecular flexibility index (Phi) is 2.99. The maximum atomic E-state index is 12.0. The zero-order valence-electron chi connectivity index (χ0n) is 7.58. The van der Waals surface area contributed by atoms with Crippen LogP contribution in [0.25, 0.3) is 0 Å². The number of nitrogens with zero attached hydrogens (tertiary/aromatic N) is 2. The number of hydrogen-bond acceptors (Lipinski definition) is 5. The van der Waals surface area contributed by atoms with Crippen LogP contribution in [-0.4, -0.2) is 17.6 Å². The van der Waals surface area contributed by atoms with Gasteiger partial charge in [0.25, 0.3) is 0 Å². The first-order chi connectivity index (χ1) is 7.39. The molecule has 5 nitrogen and oxygen atoms in total. The van der Waals surface area contributed by atoms with E-state index in [1.165, 1.54) is 6.07 Å². The number of carbonyl (C=O) groups excluding carboxylic acids is 1. The fourth-order valence-electron chi connectivity index (χ4n) is 0.928. The van der Waals surface area contributed by atoms with Gasteiger partial charge in [-0.05, 0) is 0 Å². The molecule has 1 rings (SSSR count). The quantitative estimate of drug-likeness (QED) is 0.773. The monoisotopic (exact) mass is 231 g/mol. The van der Waals surface area contributed by atoms with Crippen molar-refractivity contribution in [1.29, 1.82) is 5.26 Å². The molecule has 0 saturated heterocycles. The largest absolute Gasteiger partial charge is 0.573 e. The van der Waals surface area contributed by atoms with Crippen molar-refractivity contribution in [3.63, 3.8) is 0 Å². The molecule has 0 aromatic carbocycles. The van der Waals surface area contributed by atoms with Crippen molar-refractivity contribution in [3.05, 3.63) is 17.5 Å². The van der Waals surface area contributed by atoms with Gasteiger partial charge in [-0.25, -0.2) is 4.98 Å². The van der Waals surface area contributed by atoms with E-state index >= 15 is 0 Å². The molecule has 0 saturated carbocycles. The number of aromatic nitrogens is 1. The Balaban J connectivity index is 3.34. The second kappa shape index (κ2) is 4.06. The van der Waals surface area contributed by atoms with Gasteiger partial charge in [0.1, 0.15) is 11.8 Å². The molecule has 0 fully saturated rings. The minimum atomic E-state index is -5.00. The molecule has 1 heterocycles. The average molecular weight is 231 g/mol. The number of halogens is 3. The standard InChI is InChI=1S/C8H4F3N3O2/c9-8(10,11)16-7-4(3-15)2-14-5(1-12)6(7)13/h2-3H,13H2. The van der Waals surface area contributed by atoms with Crippen LogP contribution in [0.1, 0.15) is 16.1 Å². The predicted octanol–water partition coefficient (Wildman–Crippen LogP) is 1.25. The van der Waals surface area contributed by atoms with Crippen molar-refractivity contribution in [2.45, 2.75) is 6.36 Å². The highest BCUT2D eigenvalue weighted by Gasteiger charge is 2.33. The highest BCUT2D eigenvalue weighted by Crippen LogP contribution is 2.32. The molecule has 16 heavy (non-hydrogen) atoms. The zero-order valence-corrected chi connectivity index (χ0v) is 7.58. The van der Waals surface area contributed by atoms with Crippen LogP contribution in [0.2, 0.25) is 0 Å². The molecule has 84 valence electrons. The summed E-state index contributed by atoms with van der Waals surface area (Å²) in [6, 6.07) is 1.47. The maximum Gasteiger partial charge on any atom is 0.573 e. The molecule has 0 unspecified atom stereocenters. The summed E-state index contributed by atoms with van der Waals surface area (Å²) in [4.78, 5) is 13.8. The van der Waals surface area contributed by atoms with Gasteiger partial charge in [-0.3, -0.25) is 4.79 Å². The van der Waals surface area contributed by atoms with E-state index < -0.39 is 29.1 Å². The Morgan fingerprint density at radius 3 is 2.62 bits per heavy atom. The van der Waals surface area contributed by atoms with Crippen molar-refractivity contribution in [2.24, 2.45) is 0 Å². The molecule has 0 bridgehead atoms. The number of nitrogens with two attached hydrogens (primary N) is 1. The van der Waals surface area contributed by atoms with E-state index in [4.69, 9.17) is 11.0 Å². The van der Waals surface area contributed by atoms with Crippen molar-refractivity contribution in [3.8, 4) is 11.8 Å². The molecule has 0 aliphatic heterocycles. The molecule has 1 aromatic rings. The number of pyridine rings is 1. The number of alkyl halides is 3. The summed E-state index contributed by atoms with van der Waals surface area (Å²) in [6.07, 6.45) is -4.12. The smallest absolute Gasteiger partial charge is 0.403 e. The van der Waals surface area contributed by atoms with E-state index in [0.717, 1.165) is 6.20 Å². The number of nitriles is 1. The van der Waals surface area contributed by atoms with Crippen molar-refractivity contribution >= 4 is 12.0 Å². The summed E-state index contributed by atoms with van der Waals surface area (Å²) in [7, 11) is 0. The molecular formula is C8H4F3N3O2. The van der Waals surface area contributed by atoms with Gasteiger partial charge in [-0.2, -0.15) is 5.26 Å².